The van der Waals surface area contributed by atoms with E-state index >= 15 is 0 Å². The Morgan fingerprint density at radius 2 is 1.73 bits per heavy atom. The van der Waals surface area contributed by atoms with Crippen molar-refractivity contribution in [2.75, 3.05) is 13.7 Å². The molecule has 0 aliphatic carbocycles. The maximum atomic E-state index is 13.0. The molecule has 2 aromatic rings. The third-order valence-corrected chi connectivity index (χ3v) is 4.33. The van der Waals surface area contributed by atoms with Gasteiger partial charge in [0.2, 0.25) is 0 Å². The van der Waals surface area contributed by atoms with Gasteiger partial charge in [-0.3, -0.25) is 4.79 Å². The summed E-state index contributed by atoms with van der Waals surface area (Å²) in [6.45, 7) is 5.45. The van der Waals surface area contributed by atoms with Gasteiger partial charge >= 0.3 is 6.09 Å². The van der Waals surface area contributed by atoms with Crippen LogP contribution in [0, 0.1) is 0 Å². The van der Waals surface area contributed by atoms with Crippen LogP contribution in [0.5, 0.6) is 5.75 Å². The standard InChI is InChI=1S/C23H30N2O5/c1-23(2,3)30-22(28)24-15-17-7-5-6-8-19(17)21(27)25-20(13-14-26)16-9-11-18(29-4)12-10-16/h5-12,20,26H,13-15H2,1-4H3,(H,24,28)(H,25,27). The molecule has 0 aliphatic heterocycles. The zero-order valence-corrected chi connectivity index (χ0v) is 17.9. The fourth-order valence-electron chi connectivity index (χ4n) is 2.90. The molecular formula is C23H30N2O5. The third kappa shape index (κ3) is 7.08. The van der Waals surface area contributed by atoms with Crippen LogP contribution in [0.3, 0.4) is 0 Å². The number of nitrogens with one attached hydrogen (secondary N) is 2. The molecule has 2 aromatic carbocycles. The smallest absolute Gasteiger partial charge is 0.407 e. The number of benzene rings is 2. The summed E-state index contributed by atoms with van der Waals surface area (Å²) >= 11 is 0. The van der Waals surface area contributed by atoms with Crippen LogP contribution in [-0.4, -0.2) is 36.4 Å². The number of amides is 2. The van der Waals surface area contributed by atoms with Crippen LogP contribution in [0.25, 0.3) is 0 Å². The quantitative estimate of drug-likeness (QED) is 0.614. The van der Waals surface area contributed by atoms with Crippen molar-refractivity contribution in [2.45, 2.75) is 45.4 Å². The molecular weight excluding hydrogens is 384 g/mol. The molecule has 30 heavy (non-hydrogen) atoms. The van der Waals surface area contributed by atoms with Crippen molar-refractivity contribution in [2.24, 2.45) is 0 Å². The average molecular weight is 415 g/mol. The number of carbonyl (C=O) groups is 2. The molecule has 162 valence electrons. The van der Waals surface area contributed by atoms with Crippen molar-refractivity contribution in [1.29, 1.82) is 0 Å². The maximum absolute atomic E-state index is 13.0. The van der Waals surface area contributed by atoms with Crippen molar-refractivity contribution >= 4 is 12.0 Å². The van der Waals surface area contributed by atoms with E-state index < -0.39 is 11.7 Å². The first-order valence-corrected chi connectivity index (χ1v) is 9.84. The molecule has 7 nitrogen and oxygen atoms in total. The lowest BCUT2D eigenvalue weighted by atomic mass is 10.0. The second-order valence-electron chi connectivity index (χ2n) is 7.82. The van der Waals surface area contributed by atoms with Gasteiger partial charge in [-0.2, -0.15) is 0 Å². The summed E-state index contributed by atoms with van der Waals surface area (Å²) in [6.07, 6.45) is -0.176. The van der Waals surface area contributed by atoms with Crippen LogP contribution in [0.2, 0.25) is 0 Å². The first kappa shape index (κ1) is 23.2. The normalized spacial score (nSPS) is 12.0. The Morgan fingerprint density at radius 3 is 2.33 bits per heavy atom. The molecule has 3 N–H and O–H groups in total. The van der Waals surface area contributed by atoms with Crippen molar-refractivity contribution in [1.82, 2.24) is 10.6 Å². The highest BCUT2D eigenvalue weighted by molar-refractivity contribution is 5.96. The second-order valence-corrected chi connectivity index (χ2v) is 7.82. The second kappa shape index (κ2) is 10.6. The Labute approximate surface area is 177 Å². The number of hydrogen-bond donors (Lipinski definition) is 3. The molecule has 0 radical (unpaired) electrons. The van der Waals surface area contributed by atoms with E-state index in [9.17, 15) is 14.7 Å². The Balaban J connectivity index is 2.11. The fraction of sp³-hybridized carbons (Fsp3) is 0.391. The number of methoxy groups -OCH3 is 1. The highest BCUT2D eigenvalue weighted by Gasteiger charge is 2.19. The van der Waals surface area contributed by atoms with E-state index in [4.69, 9.17) is 9.47 Å². The van der Waals surface area contributed by atoms with Crippen LogP contribution in [-0.2, 0) is 11.3 Å². The van der Waals surface area contributed by atoms with E-state index in [1.54, 1.807) is 52.1 Å². The molecule has 0 aliphatic rings. The summed E-state index contributed by atoms with van der Waals surface area (Å²) in [5, 5.41) is 15.1. The number of aliphatic hydroxyl groups is 1. The number of carbonyl (C=O) groups excluding carboxylic acids is 2. The van der Waals surface area contributed by atoms with E-state index in [0.717, 1.165) is 5.56 Å². The lowest BCUT2D eigenvalue weighted by Crippen LogP contribution is -2.33. The number of rotatable bonds is 8. The van der Waals surface area contributed by atoms with Crippen LogP contribution in [0.1, 0.15) is 54.7 Å². The minimum absolute atomic E-state index is 0.0706. The van der Waals surface area contributed by atoms with Crippen molar-refractivity contribution < 1.29 is 24.2 Å². The lowest BCUT2D eigenvalue weighted by Gasteiger charge is -2.21. The van der Waals surface area contributed by atoms with E-state index in [-0.39, 0.29) is 25.1 Å². The molecule has 2 amide bonds. The molecule has 0 saturated carbocycles. The number of ether oxygens (including phenoxy) is 2. The van der Waals surface area contributed by atoms with Gasteiger partial charge in [-0.15, -0.1) is 0 Å². The SMILES string of the molecule is COc1ccc(C(CCO)NC(=O)c2ccccc2CNC(=O)OC(C)(C)C)cc1. The predicted octanol–water partition coefficient (Wildman–Crippen LogP) is 3.57. The maximum Gasteiger partial charge on any atom is 0.407 e. The largest absolute Gasteiger partial charge is 0.497 e. The minimum Gasteiger partial charge on any atom is -0.497 e. The minimum atomic E-state index is -0.600. The summed E-state index contributed by atoms with van der Waals surface area (Å²) in [7, 11) is 1.59. The average Bonchev–Trinajstić information content (AvgIpc) is 2.71. The van der Waals surface area contributed by atoms with Gasteiger partial charge in [-0.05, 0) is 56.5 Å². The van der Waals surface area contributed by atoms with Gasteiger partial charge in [-0.1, -0.05) is 30.3 Å². The summed E-state index contributed by atoms with van der Waals surface area (Å²) in [4.78, 5) is 24.9. The topological polar surface area (TPSA) is 96.9 Å². The zero-order chi connectivity index (χ0) is 22.1. The molecule has 2 rings (SSSR count). The molecule has 1 atom stereocenters. The Kier molecular flexibility index (Phi) is 8.24. The summed E-state index contributed by atoms with van der Waals surface area (Å²) < 4.78 is 10.4. The Bertz CT molecular complexity index is 843. The zero-order valence-electron chi connectivity index (χ0n) is 17.9. The monoisotopic (exact) mass is 414 g/mol. The van der Waals surface area contributed by atoms with Crippen LogP contribution >= 0.6 is 0 Å². The molecule has 0 spiro atoms. The molecule has 0 bridgehead atoms. The summed E-state index contributed by atoms with van der Waals surface area (Å²) in [6, 6.07) is 14.0. The van der Waals surface area contributed by atoms with Crippen LogP contribution in [0.4, 0.5) is 4.79 Å². The van der Waals surface area contributed by atoms with Crippen LogP contribution in [0.15, 0.2) is 48.5 Å². The third-order valence-electron chi connectivity index (χ3n) is 4.33. The first-order chi connectivity index (χ1) is 14.2. The summed E-state index contributed by atoms with van der Waals surface area (Å²) in [5.41, 5.74) is 1.38. The number of hydrogen-bond acceptors (Lipinski definition) is 5. The van der Waals surface area contributed by atoms with Crippen LogP contribution < -0.4 is 15.4 Å². The van der Waals surface area contributed by atoms with Gasteiger partial charge in [0.1, 0.15) is 11.4 Å². The van der Waals surface area contributed by atoms with Gasteiger partial charge < -0.3 is 25.2 Å². The Morgan fingerprint density at radius 1 is 1.07 bits per heavy atom. The molecule has 1 unspecified atom stereocenters. The van der Waals surface area contributed by atoms with Crippen molar-refractivity contribution in [3.8, 4) is 5.75 Å². The fourth-order valence-corrected chi connectivity index (χ4v) is 2.90. The molecule has 7 heteroatoms. The molecule has 0 heterocycles. The van der Waals surface area contributed by atoms with Gasteiger partial charge in [0.05, 0.1) is 13.2 Å². The molecule has 0 aromatic heterocycles. The number of aliphatic hydroxyl groups excluding tert-OH is 1. The van der Waals surface area contributed by atoms with E-state index in [2.05, 4.69) is 10.6 Å². The number of alkyl carbamates (subject to hydrolysis) is 1. The van der Waals surface area contributed by atoms with E-state index in [1.165, 1.54) is 0 Å². The highest BCUT2D eigenvalue weighted by Crippen LogP contribution is 2.21. The lowest BCUT2D eigenvalue weighted by molar-refractivity contribution is 0.0522. The van der Waals surface area contributed by atoms with Gasteiger partial charge in [0.15, 0.2) is 0 Å². The van der Waals surface area contributed by atoms with E-state index in [0.29, 0.717) is 23.3 Å². The predicted molar refractivity (Wildman–Crippen MR) is 114 cm³/mol. The highest BCUT2D eigenvalue weighted by atomic mass is 16.6. The molecule has 0 saturated heterocycles. The first-order valence-electron chi connectivity index (χ1n) is 9.84. The van der Waals surface area contributed by atoms with Gasteiger partial charge in [0.25, 0.3) is 5.91 Å². The molecule has 0 fully saturated rings. The van der Waals surface area contributed by atoms with Crippen molar-refractivity contribution in [3.05, 3.63) is 65.2 Å². The van der Waals surface area contributed by atoms with E-state index in [1.807, 2.05) is 24.3 Å². The summed E-state index contributed by atoms with van der Waals surface area (Å²) in [5.74, 6) is 0.428. The Hall–Kier alpha value is -3.06. The van der Waals surface area contributed by atoms with Gasteiger partial charge in [0, 0.05) is 18.7 Å². The van der Waals surface area contributed by atoms with Crippen molar-refractivity contribution in [3.63, 3.8) is 0 Å². The van der Waals surface area contributed by atoms with Gasteiger partial charge in [-0.25, -0.2) is 4.79 Å².